The van der Waals surface area contributed by atoms with Crippen molar-refractivity contribution in [2.24, 2.45) is 0 Å². The minimum absolute atomic E-state index is 0.867. The van der Waals surface area contributed by atoms with Crippen LogP contribution in [0.2, 0.25) is 0 Å². The van der Waals surface area contributed by atoms with Gasteiger partial charge in [0.1, 0.15) is 11.2 Å². The van der Waals surface area contributed by atoms with Crippen molar-refractivity contribution in [1.29, 1.82) is 0 Å². The topological polar surface area (TPSA) is 21.3 Å². The van der Waals surface area contributed by atoms with Gasteiger partial charge >= 0.3 is 0 Å². The summed E-state index contributed by atoms with van der Waals surface area (Å²) >= 11 is 0. The average molecular weight is 653 g/mol. The number of furan rings is 1. The molecule has 0 spiro atoms. The molecule has 2 heterocycles. The van der Waals surface area contributed by atoms with Gasteiger partial charge in [-0.25, -0.2) is 0 Å². The lowest BCUT2D eigenvalue weighted by atomic mass is 9.99. The van der Waals surface area contributed by atoms with E-state index in [1.54, 1.807) is 0 Å². The van der Waals surface area contributed by atoms with Crippen LogP contribution in [0.5, 0.6) is 0 Å². The molecule has 0 aliphatic heterocycles. The van der Waals surface area contributed by atoms with Crippen LogP contribution in [-0.2, 0) is 0 Å². The Labute approximate surface area is 295 Å². The average Bonchev–Trinajstić information content (AvgIpc) is 3.75. The number of nitrogens with zero attached hydrogens (tertiary/aromatic N) is 2. The first-order valence-corrected chi connectivity index (χ1v) is 17.4. The van der Waals surface area contributed by atoms with Crippen molar-refractivity contribution < 1.29 is 4.42 Å². The Bertz CT molecular complexity index is 2810. The van der Waals surface area contributed by atoms with Crippen LogP contribution >= 0.6 is 0 Å². The van der Waals surface area contributed by atoms with E-state index in [9.17, 15) is 0 Å². The molecule has 0 unspecified atom stereocenters. The molecule has 51 heavy (non-hydrogen) atoms. The van der Waals surface area contributed by atoms with Crippen molar-refractivity contribution in [1.82, 2.24) is 4.57 Å². The first-order valence-electron chi connectivity index (χ1n) is 17.4. The van der Waals surface area contributed by atoms with Gasteiger partial charge in [-0.2, -0.15) is 0 Å². The zero-order valence-electron chi connectivity index (χ0n) is 27.8. The smallest absolute Gasteiger partial charge is 0.137 e. The monoisotopic (exact) mass is 652 g/mol. The molecule has 0 aliphatic carbocycles. The molecule has 0 N–H and O–H groups in total. The lowest BCUT2D eigenvalue weighted by Crippen LogP contribution is -2.11. The van der Waals surface area contributed by atoms with Crippen LogP contribution in [0.25, 0.3) is 71.7 Å². The fraction of sp³-hybridized carbons (Fsp3) is 0. The van der Waals surface area contributed by atoms with Gasteiger partial charge in [-0.05, 0) is 89.0 Å². The number of hydrogen-bond donors (Lipinski definition) is 0. The normalized spacial score (nSPS) is 11.5. The van der Waals surface area contributed by atoms with Crippen molar-refractivity contribution in [2.45, 2.75) is 0 Å². The quantitative estimate of drug-likeness (QED) is 0.178. The highest BCUT2D eigenvalue weighted by molar-refractivity contribution is 6.13. The minimum atomic E-state index is 0.867. The predicted molar refractivity (Wildman–Crippen MR) is 214 cm³/mol. The molecule has 0 saturated heterocycles. The molecule has 0 aliphatic rings. The Morgan fingerprint density at radius 3 is 1.69 bits per heavy atom. The third kappa shape index (κ3) is 4.90. The summed E-state index contributed by atoms with van der Waals surface area (Å²) in [5.41, 5.74) is 13.2. The van der Waals surface area contributed by atoms with Gasteiger partial charge in [-0.15, -0.1) is 0 Å². The van der Waals surface area contributed by atoms with Crippen molar-refractivity contribution in [2.75, 3.05) is 4.90 Å². The molecule has 2 aromatic heterocycles. The molecule has 240 valence electrons. The SMILES string of the molecule is c1ccc(-c2cccc(-c3ccc(N(c4cccc(-n5c6ccccc6c6ccccc65)c4)c4cccc5oc6ccccc6c45)cc3)c2)cc1. The Morgan fingerprint density at radius 2 is 0.941 bits per heavy atom. The van der Waals surface area contributed by atoms with Gasteiger partial charge in [-0.3, -0.25) is 0 Å². The van der Waals surface area contributed by atoms with Crippen LogP contribution < -0.4 is 4.90 Å². The van der Waals surface area contributed by atoms with E-state index in [0.29, 0.717) is 0 Å². The summed E-state index contributed by atoms with van der Waals surface area (Å²) in [6.45, 7) is 0. The Balaban J connectivity index is 1.15. The maximum absolute atomic E-state index is 6.39. The largest absolute Gasteiger partial charge is 0.456 e. The van der Waals surface area contributed by atoms with Crippen LogP contribution in [0.4, 0.5) is 17.1 Å². The maximum Gasteiger partial charge on any atom is 0.137 e. The number of benzene rings is 8. The van der Waals surface area contributed by atoms with Gasteiger partial charge in [0.25, 0.3) is 0 Å². The summed E-state index contributed by atoms with van der Waals surface area (Å²) in [6.07, 6.45) is 0. The molecule has 0 amide bonds. The van der Waals surface area contributed by atoms with Gasteiger partial charge in [0.15, 0.2) is 0 Å². The molecule has 3 heteroatoms. The van der Waals surface area contributed by atoms with E-state index < -0.39 is 0 Å². The van der Waals surface area contributed by atoms with Crippen molar-refractivity contribution in [3.63, 3.8) is 0 Å². The summed E-state index contributed by atoms with van der Waals surface area (Å²) in [5, 5.41) is 4.69. The molecule has 0 radical (unpaired) electrons. The summed E-state index contributed by atoms with van der Waals surface area (Å²) in [6, 6.07) is 69.2. The highest BCUT2D eigenvalue weighted by Gasteiger charge is 2.21. The zero-order chi connectivity index (χ0) is 33.7. The van der Waals surface area contributed by atoms with Gasteiger partial charge in [-0.1, -0.05) is 127 Å². The van der Waals surface area contributed by atoms with E-state index in [1.807, 2.05) is 12.1 Å². The van der Waals surface area contributed by atoms with E-state index in [2.05, 4.69) is 191 Å². The van der Waals surface area contributed by atoms with Crippen LogP contribution in [0, 0.1) is 0 Å². The summed E-state index contributed by atoms with van der Waals surface area (Å²) in [4.78, 5) is 2.37. The lowest BCUT2D eigenvalue weighted by Gasteiger charge is -2.27. The summed E-state index contributed by atoms with van der Waals surface area (Å²) < 4.78 is 8.77. The van der Waals surface area contributed by atoms with E-state index >= 15 is 0 Å². The molecule has 3 nitrogen and oxygen atoms in total. The third-order valence-corrected chi connectivity index (χ3v) is 9.98. The van der Waals surface area contributed by atoms with Gasteiger partial charge < -0.3 is 13.9 Å². The number of anilines is 3. The first-order chi connectivity index (χ1) is 25.3. The van der Waals surface area contributed by atoms with E-state index in [-0.39, 0.29) is 0 Å². The number of para-hydroxylation sites is 3. The minimum Gasteiger partial charge on any atom is -0.456 e. The second-order valence-corrected chi connectivity index (χ2v) is 13.0. The van der Waals surface area contributed by atoms with Crippen molar-refractivity contribution >= 4 is 60.8 Å². The molecule has 0 bridgehead atoms. The number of hydrogen-bond acceptors (Lipinski definition) is 2. The van der Waals surface area contributed by atoms with E-state index in [1.165, 1.54) is 44.1 Å². The van der Waals surface area contributed by atoms with E-state index in [0.717, 1.165) is 44.7 Å². The fourth-order valence-electron chi connectivity index (χ4n) is 7.65. The molecule has 0 fully saturated rings. The van der Waals surface area contributed by atoms with Crippen LogP contribution in [-0.4, -0.2) is 4.57 Å². The number of fused-ring (bicyclic) bond motifs is 6. The summed E-state index contributed by atoms with van der Waals surface area (Å²) in [5.74, 6) is 0. The van der Waals surface area contributed by atoms with Crippen molar-refractivity contribution in [3.05, 3.63) is 194 Å². The van der Waals surface area contributed by atoms with Gasteiger partial charge in [0.05, 0.1) is 22.1 Å². The van der Waals surface area contributed by atoms with Crippen LogP contribution in [0.1, 0.15) is 0 Å². The van der Waals surface area contributed by atoms with Gasteiger partial charge in [0, 0.05) is 33.2 Å². The molecule has 10 aromatic rings. The summed E-state index contributed by atoms with van der Waals surface area (Å²) in [7, 11) is 0. The fourth-order valence-corrected chi connectivity index (χ4v) is 7.65. The second-order valence-electron chi connectivity index (χ2n) is 13.0. The van der Waals surface area contributed by atoms with Crippen molar-refractivity contribution in [3.8, 4) is 27.9 Å². The van der Waals surface area contributed by atoms with Crippen LogP contribution in [0.15, 0.2) is 199 Å². The first kappa shape index (κ1) is 29.1. The standard InChI is InChI=1S/C48H32N2O/c1-2-13-33(14-3-1)35-15-10-16-36(31-35)34-27-29-37(30-28-34)49(45-24-12-26-47-48(45)42-21-6-9-25-46(42)51-47)38-17-11-18-39(32-38)50-43-22-7-4-19-40(43)41-20-5-8-23-44(41)50/h1-32H. The van der Waals surface area contributed by atoms with Gasteiger partial charge in [0.2, 0.25) is 0 Å². The predicted octanol–water partition coefficient (Wildman–Crippen LogP) is 13.5. The molecular formula is C48H32N2O. The highest BCUT2D eigenvalue weighted by atomic mass is 16.3. The molecule has 0 atom stereocenters. The second kappa shape index (κ2) is 11.9. The number of rotatable bonds is 6. The number of aromatic nitrogens is 1. The zero-order valence-corrected chi connectivity index (χ0v) is 27.8. The van der Waals surface area contributed by atoms with E-state index in [4.69, 9.17) is 4.42 Å². The molecule has 8 aromatic carbocycles. The molecule has 10 rings (SSSR count). The maximum atomic E-state index is 6.39. The molecular weight excluding hydrogens is 621 g/mol. The Hall–Kier alpha value is -6.84. The Kier molecular flexibility index (Phi) is 6.81. The lowest BCUT2D eigenvalue weighted by molar-refractivity contribution is 0.669. The highest BCUT2D eigenvalue weighted by Crippen LogP contribution is 2.44. The molecule has 0 saturated carbocycles. The Morgan fingerprint density at radius 1 is 0.373 bits per heavy atom. The van der Waals surface area contributed by atoms with Crippen LogP contribution in [0.3, 0.4) is 0 Å². The third-order valence-electron chi connectivity index (χ3n) is 9.98.